The van der Waals surface area contributed by atoms with Crippen LogP contribution in [0.15, 0.2) is 11.0 Å². The number of rotatable bonds is 0. The zero-order valence-corrected chi connectivity index (χ0v) is 5.75. The molecule has 1 heterocycles. The molecular weight excluding hydrogens is 122 g/mol. The van der Waals surface area contributed by atoms with Crippen LogP contribution in [-0.2, 0) is 0 Å². The van der Waals surface area contributed by atoms with Crippen LogP contribution >= 0.6 is 11.9 Å². The first-order valence-electron chi connectivity index (χ1n) is 2.46. The quantitative estimate of drug-likeness (QED) is 0.478. The summed E-state index contributed by atoms with van der Waals surface area (Å²) in [6, 6.07) is 0. The summed E-state index contributed by atoms with van der Waals surface area (Å²) in [6.07, 6.45) is 1.79. The van der Waals surface area contributed by atoms with Gasteiger partial charge in [-0.05, 0) is 36.8 Å². The zero-order valence-electron chi connectivity index (χ0n) is 4.93. The van der Waals surface area contributed by atoms with Crippen molar-refractivity contribution in [1.82, 2.24) is 4.72 Å². The van der Waals surface area contributed by atoms with Gasteiger partial charge in [-0.15, -0.1) is 0 Å². The molecule has 0 amide bonds. The van der Waals surface area contributed by atoms with Gasteiger partial charge in [0.1, 0.15) is 5.72 Å². The molecule has 3 heteroatoms. The molecule has 0 saturated heterocycles. The second kappa shape index (κ2) is 1.76. The van der Waals surface area contributed by atoms with E-state index in [2.05, 4.69) is 4.72 Å². The fourth-order valence-corrected chi connectivity index (χ4v) is 1.35. The van der Waals surface area contributed by atoms with E-state index in [4.69, 9.17) is 5.11 Å². The van der Waals surface area contributed by atoms with Crippen molar-refractivity contribution in [3.05, 3.63) is 11.0 Å². The SMILES string of the molecule is CC1=CC(C)(O)NS1. The van der Waals surface area contributed by atoms with Crippen LogP contribution in [-0.4, -0.2) is 10.8 Å². The molecule has 0 fully saturated rings. The van der Waals surface area contributed by atoms with Crippen molar-refractivity contribution in [2.24, 2.45) is 0 Å². The molecule has 0 aromatic heterocycles. The van der Waals surface area contributed by atoms with Crippen LogP contribution < -0.4 is 4.72 Å². The van der Waals surface area contributed by atoms with E-state index in [1.165, 1.54) is 11.9 Å². The predicted octanol–water partition coefficient (Wildman–Crippen LogP) is 0.850. The lowest BCUT2D eigenvalue weighted by Crippen LogP contribution is -2.31. The van der Waals surface area contributed by atoms with Gasteiger partial charge in [-0.3, -0.25) is 0 Å². The average molecular weight is 131 g/mol. The van der Waals surface area contributed by atoms with E-state index in [1.807, 2.05) is 6.92 Å². The Morgan fingerprint density at radius 2 is 2.50 bits per heavy atom. The van der Waals surface area contributed by atoms with E-state index in [0.717, 1.165) is 4.91 Å². The first-order chi connectivity index (χ1) is 3.60. The summed E-state index contributed by atoms with van der Waals surface area (Å²) < 4.78 is 2.83. The third kappa shape index (κ3) is 1.24. The maximum atomic E-state index is 9.16. The van der Waals surface area contributed by atoms with Gasteiger partial charge in [0.05, 0.1) is 0 Å². The van der Waals surface area contributed by atoms with Gasteiger partial charge in [0.2, 0.25) is 0 Å². The Balaban J connectivity index is 2.67. The maximum absolute atomic E-state index is 9.16. The summed E-state index contributed by atoms with van der Waals surface area (Å²) >= 11 is 1.47. The van der Waals surface area contributed by atoms with E-state index < -0.39 is 5.72 Å². The number of hydrogen-bond donors (Lipinski definition) is 2. The monoisotopic (exact) mass is 131 g/mol. The largest absolute Gasteiger partial charge is 0.372 e. The molecule has 0 spiro atoms. The van der Waals surface area contributed by atoms with Gasteiger partial charge in [0.25, 0.3) is 0 Å². The van der Waals surface area contributed by atoms with Crippen molar-refractivity contribution < 1.29 is 5.11 Å². The molecule has 1 aliphatic rings. The number of hydrogen-bond acceptors (Lipinski definition) is 3. The van der Waals surface area contributed by atoms with Gasteiger partial charge in [0.15, 0.2) is 0 Å². The summed E-state index contributed by atoms with van der Waals surface area (Å²) in [5, 5.41) is 9.16. The fraction of sp³-hybridized carbons (Fsp3) is 0.600. The Bertz CT molecular complexity index is 130. The van der Waals surface area contributed by atoms with E-state index in [0.29, 0.717) is 0 Å². The lowest BCUT2D eigenvalue weighted by atomic mass is 10.3. The van der Waals surface area contributed by atoms with Crippen molar-refractivity contribution in [1.29, 1.82) is 0 Å². The first kappa shape index (κ1) is 6.13. The van der Waals surface area contributed by atoms with Gasteiger partial charge in [-0.2, -0.15) is 0 Å². The van der Waals surface area contributed by atoms with Gasteiger partial charge < -0.3 is 5.11 Å². The molecule has 0 aliphatic carbocycles. The molecular formula is C5H9NOS. The predicted molar refractivity (Wildman–Crippen MR) is 35.1 cm³/mol. The second-order valence-corrected chi connectivity index (χ2v) is 3.16. The molecule has 2 nitrogen and oxygen atoms in total. The Morgan fingerprint density at radius 1 is 1.88 bits per heavy atom. The molecule has 1 atom stereocenters. The van der Waals surface area contributed by atoms with Crippen LogP contribution in [0.3, 0.4) is 0 Å². The van der Waals surface area contributed by atoms with Crippen LogP contribution in [0.25, 0.3) is 0 Å². The summed E-state index contributed by atoms with van der Waals surface area (Å²) in [6.45, 7) is 3.68. The van der Waals surface area contributed by atoms with Crippen molar-refractivity contribution in [3.63, 3.8) is 0 Å². The summed E-state index contributed by atoms with van der Waals surface area (Å²) in [5.41, 5.74) is -0.783. The molecule has 0 saturated carbocycles. The standard InChI is InChI=1S/C5H9NOS/c1-4-3-5(2,7)6-8-4/h3,6-7H,1-2H3. The molecule has 1 unspecified atom stereocenters. The minimum Gasteiger partial charge on any atom is -0.372 e. The van der Waals surface area contributed by atoms with Crippen LogP contribution in [0.1, 0.15) is 13.8 Å². The molecule has 8 heavy (non-hydrogen) atoms. The first-order valence-corrected chi connectivity index (χ1v) is 3.28. The second-order valence-electron chi connectivity index (χ2n) is 2.11. The highest BCUT2D eigenvalue weighted by atomic mass is 32.2. The van der Waals surface area contributed by atoms with Gasteiger partial charge >= 0.3 is 0 Å². The Morgan fingerprint density at radius 3 is 2.62 bits per heavy atom. The van der Waals surface area contributed by atoms with E-state index in [1.54, 1.807) is 13.0 Å². The average Bonchev–Trinajstić information content (AvgIpc) is 1.82. The third-order valence-electron chi connectivity index (χ3n) is 0.903. The molecule has 0 radical (unpaired) electrons. The Hall–Kier alpha value is 0.0100. The van der Waals surface area contributed by atoms with Crippen LogP contribution in [0.2, 0.25) is 0 Å². The molecule has 2 N–H and O–H groups in total. The minimum atomic E-state index is -0.783. The van der Waals surface area contributed by atoms with Gasteiger partial charge in [-0.1, -0.05) is 0 Å². The summed E-state index contributed by atoms with van der Waals surface area (Å²) in [4.78, 5) is 1.12. The van der Waals surface area contributed by atoms with Crippen molar-refractivity contribution in [2.45, 2.75) is 19.6 Å². The van der Waals surface area contributed by atoms with Gasteiger partial charge in [-0.25, -0.2) is 4.72 Å². The molecule has 0 aromatic rings. The zero-order chi connectivity index (χ0) is 6.20. The fourth-order valence-electron chi connectivity index (χ4n) is 0.639. The summed E-state index contributed by atoms with van der Waals surface area (Å²) in [7, 11) is 0. The van der Waals surface area contributed by atoms with E-state index in [9.17, 15) is 0 Å². The number of allylic oxidation sites excluding steroid dienone is 1. The summed E-state index contributed by atoms with van der Waals surface area (Å²) in [5.74, 6) is 0. The highest BCUT2D eigenvalue weighted by Gasteiger charge is 2.22. The minimum absolute atomic E-state index is 0.783. The van der Waals surface area contributed by atoms with Crippen LogP contribution in [0.5, 0.6) is 0 Å². The molecule has 0 aromatic carbocycles. The normalized spacial score (nSPS) is 37.6. The topological polar surface area (TPSA) is 32.3 Å². The van der Waals surface area contributed by atoms with Gasteiger partial charge in [0, 0.05) is 0 Å². The molecule has 1 rings (SSSR count). The smallest absolute Gasteiger partial charge is 0.142 e. The van der Waals surface area contributed by atoms with Crippen molar-refractivity contribution in [3.8, 4) is 0 Å². The lowest BCUT2D eigenvalue weighted by molar-refractivity contribution is 0.106. The highest BCUT2D eigenvalue weighted by molar-refractivity contribution is 8.01. The number of aliphatic hydroxyl groups is 1. The Kier molecular flexibility index (Phi) is 1.35. The van der Waals surface area contributed by atoms with E-state index >= 15 is 0 Å². The van der Waals surface area contributed by atoms with Crippen LogP contribution in [0.4, 0.5) is 0 Å². The molecule has 0 bridgehead atoms. The maximum Gasteiger partial charge on any atom is 0.142 e. The lowest BCUT2D eigenvalue weighted by Gasteiger charge is -2.11. The van der Waals surface area contributed by atoms with Crippen molar-refractivity contribution in [2.75, 3.05) is 0 Å². The Labute approximate surface area is 53.1 Å². The number of nitrogens with one attached hydrogen (secondary N) is 1. The van der Waals surface area contributed by atoms with Crippen LogP contribution in [0, 0.1) is 0 Å². The molecule has 1 aliphatic heterocycles. The third-order valence-corrected chi connectivity index (χ3v) is 1.86. The van der Waals surface area contributed by atoms with Crippen molar-refractivity contribution >= 4 is 11.9 Å². The highest BCUT2D eigenvalue weighted by Crippen LogP contribution is 2.24. The molecule has 46 valence electrons. The van der Waals surface area contributed by atoms with E-state index in [-0.39, 0.29) is 0 Å².